The largest absolute Gasteiger partial charge is 0.373 e. The lowest BCUT2D eigenvalue weighted by Crippen LogP contribution is -2.30. The van der Waals surface area contributed by atoms with Crippen molar-refractivity contribution in [1.82, 2.24) is 10.6 Å². The number of carbonyl (C=O) groups is 1. The zero-order valence-corrected chi connectivity index (χ0v) is 10.8. The highest BCUT2D eigenvalue weighted by Gasteiger charge is 2.10. The molecule has 0 unspecified atom stereocenters. The number of ether oxygens (including phenoxy) is 1. The minimum Gasteiger partial charge on any atom is -0.373 e. The highest BCUT2D eigenvalue weighted by molar-refractivity contribution is 5.91. The molecule has 0 bridgehead atoms. The average molecular weight is 255 g/mol. The second-order valence-corrected chi connectivity index (χ2v) is 4.12. The van der Waals surface area contributed by atoms with Crippen LogP contribution >= 0.6 is 0 Å². The Labute approximate surface area is 107 Å². The van der Waals surface area contributed by atoms with Gasteiger partial charge in [0.15, 0.2) is 11.5 Å². The van der Waals surface area contributed by atoms with Gasteiger partial charge in [-0.05, 0) is 6.42 Å². The predicted molar refractivity (Wildman–Crippen MR) is 66.6 cm³/mol. The summed E-state index contributed by atoms with van der Waals surface area (Å²) in [6, 6.07) is 1.53. The van der Waals surface area contributed by atoms with Crippen LogP contribution < -0.4 is 11.3 Å². The van der Waals surface area contributed by atoms with Crippen LogP contribution in [0.4, 0.5) is 0 Å². The molecule has 0 aromatic carbocycles. The van der Waals surface area contributed by atoms with E-state index in [2.05, 4.69) is 12.1 Å². The van der Waals surface area contributed by atoms with Crippen LogP contribution in [0.2, 0.25) is 0 Å². The number of nitrogen functional groups attached to an aromatic ring is 1. The topological polar surface area (TPSA) is 90.4 Å². The first-order chi connectivity index (χ1) is 8.77. The Kier molecular flexibility index (Phi) is 7.05. The third kappa shape index (κ3) is 5.29. The zero-order valence-electron chi connectivity index (χ0n) is 10.8. The Balaban J connectivity index is 2.12. The fraction of sp³-hybridized carbons (Fsp3) is 0.667. The fourth-order valence-corrected chi connectivity index (χ4v) is 1.54. The van der Waals surface area contributed by atoms with Crippen LogP contribution in [0.1, 0.15) is 55.3 Å². The summed E-state index contributed by atoms with van der Waals surface area (Å²) in [5.74, 6) is 5.04. The molecule has 1 rings (SSSR count). The van der Waals surface area contributed by atoms with Crippen molar-refractivity contribution in [2.75, 3.05) is 6.61 Å². The van der Waals surface area contributed by atoms with Crippen LogP contribution in [0.25, 0.3) is 0 Å². The predicted octanol–water partition coefficient (Wildman–Crippen LogP) is 1.77. The van der Waals surface area contributed by atoms with Gasteiger partial charge in [-0.1, -0.05) is 37.8 Å². The van der Waals surface area contributed by atoms with Gasteiger partial charge in [0.05, 0.1) is 0 Å². The van der Waals surface area contributed by atoms with Crippen molar-refractivity contribution < 1.29 is 14.1 Å². The summed E-state index contributed by atoms with van der Waals surface area (Å²) in [6.07, 6.45) is 6.00. The van der Waals surface area contributed by atoms with Gasteiger partial charge < -0.3 is 9.26 Å². The monoisotopic (exact) mass is 255 g/mol. The van der Waals surface area contributed by atoms with Crippen molar-refractivity contribution >= 4 is 5.91 Å². The van der Waals surface area contributed by atoms with Gasteiger partial charge in [-0.2, -0.15) is 0 Å². The van der Waals surface area contributed by atoms with Crippen LogP contribution in [-0.4, -0.2) is 17.7 Å². The van der Waals surface area contributed by atoms with E-state index in [1.165, 1.54) is 31.7 Å². The van der Waals surface area contributed by atoms with E-state index < -0.39 is 5.91 Å². The number of hydrogen-bond donors (Lipinski definition) is 2. The first kappa shape index (κ1) is 14.7. The second-order valence-electron chi connectivity index (χ2n) is 4.12. The molecule has 1 aromatic rings. The SMILES string of the molecule is CCCCCCCOCc1cc(C(=O)NN)no1. The molecule has 6 heteroatoms. The smallest absolute Gasteiger partial charge is 0.287 e. The lowest BCUT2D eigenvalue weighted by Gasteiger charge is -2.01. The molecular weight excluding hydrogens is 234 g/mol. The molecule has 0 saturated heterocycles. The molecule has 18 heavy (non-hydrogen) atoms. The van der Waals surface area contributed by atoms with E-state index >= 15 is 0 Å². The molecular formula is C12H21N3O3. The van der Waals surface area contributed by atoms with E-state index in [9.17, 15) is 4.79 Å². The van der Waals surface area contributed by atoms with Gasteiger partial charge in [-0.25, -0.2) is 5.84 Å². The van der Waals surface area contributed by atoms with E-state index in [1.807, 2.05) is 5.43 Å². The minimum absolute atomic E-state index is 0.166. The summed E-state index contributed by atoms with van der Waals surface area (Å²) < 4.78 is 10.4. The molecule has 0 aliphatic heterocycles. The number of hydrogen-bond acceptors (Lipinski definition) is 5. The molecule has 1 amide bonds. The van der Waals surface area contributed by atoms with E-state index in [1.54, 1.807) is 0 Å². The molecule has 1 heterocycles. The maximum absolute atomic E-state index is 11.1. The van der Waals surface area contributed by atoms with Crippen molar-refractivity contribution in [3.8, 4) is 0 Å². The first-order valence-electron chi connectivity index (χ1n) is 6.32. The number of rotatable bonds is 9. The van der Waals surface area contributed by atoms with Gasteiger partial charge in [-0.3, -0.25) is 10.2 Å². The highest BCUT2D eigenvalue weighted by Crippen LogP contribution is 2.07. The van der Waals surface area contributed by atoms with Gasteiger partial charge in [0.2, 0.25) is 0 Å². The summed E-state index contributed by atoms with van der Waals surface area (Å²) in [5.41, 5.74) is 2.15. The van der Waals surface area contributed by atoms with Crippen LogP contribution in [0.5, 0.6) is 0 Å². The first-order valence-corrected chi connectivity index (χ1v) is 6.32. The summed E-state index contributed by atoms with van der Waals surface area (Å²) in [6.45, 7) is 3.22. The molecule has 6 nitrogen and oxygen atoms in total. The molecule has 0 saturated carbocycles. The number of nitrogens with two attached hydrogens (primary N) is 1. The molecule has 0 radical (unpaired) electrons. The van der Waals surface area contributed by atoms with Crippen molar-refractivity contribution in [2.24, 2.45) is 5.84 Å². The third-order valence-electron chi connectivity index (χ3n) is 2.56. The Bertz CT molecular complexity index is 352. The standard InChI is InChI=1S/C12H21N3O3/c1-2-3-4-5-6-7-17-9-10-8-11(15-18-10)12(16)14-13/h8H,2-7,9,13H2,1H3,(H,14,16). The molecule has 0 aliphatic carbocycles. The molecule has 3 N–H and O–H groups in total. The molecule has 0 spiro atoms. The van der Waals surface area contributed by atoms with Gasteiger partial charge in [-0.15, -0.1) is 0 Å². The summed E-state index contributed by atoms with van der Waals surface area (Å²) in [5, 5.41) is 3.58. The van der Waals surface area contributed by atoms with E-state index in [0.717, 1.165) is 6.42 Å². The van der Waals surface area contributed by atoms with Crippen LogP contribution in [0.3, 0.4) is 0 Å². The Hall–Kier alpha value is -1.40. The lowest BCUT2D eigenvalue weighted by atomic mass is 10.2. The number of nitrogens with one attached hydrogen (secondary N) is 1. The normalized spacial score (nSPS) is 10.6. The quantitative estimate of drug-likeness (QED) is 0.304. The Morgan fingerprint density at radius 1 is 1.44 bits per heavy atom. The van der Waals surface area contributed by atoms with Crippen LogP contribution in [0.15, 0.2) is 10.6 Å². The van der Waals surface area contributed by atoms with E-state index in [-0.39, 0.29) is 5.69 Å². The molecule has 0 atom stereocenters. The van der Waals surface area contributed by atoms with Crippen molar-refractivity contribution in [3.63, 3.8) is 0 Å². The van der Waals surface area contributed by atoms with Gasteiger partial charge >= 0.3 is 0 Å². The number of hydrazine groups is 1. The Morgan fingerprint density at radius 2 is 2.22 bits per heavy atom. The maximum atomic E-state index is 11.1. The van der Waals surface area contributed by atoms with Crippen LogP contribution in [-0.2, 0) is 11.3 Å². The van der Waals surface area contributed by atoms with Gasteiger partial charge in [0.1, 0.15) is 6.61 Å². The van der Waals surface area contributed by atoms with Crippen molar-refractivity contribution in [2.45, 2.75) is 45.6 Å². The number of amides is 1. The summed E-state index contributed by atoms with van der Waals surface area (Å²) >= 11 is 0. The maximum Gasteiger partial charge on any atom is 0.287 e. The van der Waals surface area contributed by atoms with Crippen LogP contribution in [0, 0.1) is 0 Å². The fourth-order valence-electron chi connectivity index (χ4n) is 1.54. The third-order valence-corrected chi connectivity index (χ3v) is 2.56. The van der Waals surface area contributed by atoms with E-state index in [0.29, 0.717) is 19.0 Å². The molecule has 0 fully saturated rings. The Morgan fingerprint density at radius 3 is 2.94 bits per heavy atom. The number of carbonyl (C=O) groups excluding carboxylic acids is 1. The number of unbranched alkanes of at least 4 members (excludes halogenated alkanes) is 4. The summed E-state index contributed by atoms with van der Waals surface area (Å²) in [4.78, 5) is 11.1. The lowest BCUT2D eigenvalue weighted by molar-refractivity contribution is 0.0934. The number of nitrogens with zero attached hydrogens (tertiary/aromatic N) is 1. The minimum atomic E-state index is -0.468. The number of aromatic nitrogens is 1. The average Bonchev–Trinajstić information content (AvgIpc) is 2.85. The van der Waals surface area contributed by atoms with Gasteiger partial charge in [0, 0.05) is 12.7 Å². The molecule has 1 aromatic heterocycles. The van der Waals surface area contributed by atoms with E-state index in [4.69, 9.17) is 15.1 Å². The highest BCUT2D eigenvalue weighted by atomic mass is 16.5. The van der Waals surface area contributed by atoms with Crippen molar-refractivity contribution in [3.05, 3.63) is 17.5 Å². The molecule has 102 valence electrons. The zero-order chi connectivity index (χ0) is 13.2. The van der Waals surface area contributed by atoms with Gasteiger partial charge in [0.25, 0.3) is 5.91 Å². The van der Waals surface area contributed by atoms with Crippen molar-refractivity contribution in [1.29, 1.82) is 0 Å². The summed E-state index contributed by atoms with van der Waals surface area (Å²) in [7, 11) is 0. The molecule has 0 aliphatic rings. The second kappa shape index (κ2) is 8.66.